The standard InChI is InChI=1S/C14H18ClNO3/c1-16(13-5-3-2-4-12(13)15)14(19)9-6-10(17)8-11(18)7-9/h6-8,12-13,17-18H,2-5H2,1H3. The van der Waals surface area contributed by atoms with E-state index >= 15 is 0 Å². The van der Waals surface area contributed by atoms with Crippen molar-refractivity contribution in [2.75, 3.05) is 7.05 Å². The first-order valence-electron chi connectivity index (χ1n) is 6.43. The minimum atomic E-state index is -0.233. The molecule has 2 unspecified atom stereocenters. The molecule has 2 atom stereocenters. The Morgan fingerprint density at radius 2 is 1.79 bits per heavy atom. The summed E-state index contributed by atoms with van der Waals surface area (Å²) in [5.41, 5.74) is 0.273. The monoisotopic (exact) mass is 283 g/mol. The summed E-state index contributed by atoms with van der Waals surface area (Å²) in [5, 5.41) is 18.8. The highest BCUT2D eigenvalue weighted by Crippen LogP contribution is 2.28. The average molecular weight is 284 g/mol. The summed E-state index contributed by atoms with van der Waals surface area (Å²) < 4.78 is 0. The minimum Gasteiger partial charge on any atom is -0.508 e. The molecule has 0 saturated heterocycles. The van der Waals surface area contributed by atoms with E-state index in [4.69, 9.17) is 11.6 Å². The van der Waals surface area contributed by atoms with Crippen LogP contribution in [0.3, 0.4) is 0 Å². The maximum absolute atomic E-state index is 12.3. The van der Waals surface area contributed by atoms with Gasteiger partial charge in [0.2, 0.25) is 0 Å². The van der Waals surface area contributed by atoms with Crippen LogP contribution >= 0.6 is 11.6 Å². The summed E-state index contributed by atoms with van der Waals surface area (Å²) in [4.78, 5) is 14.0. The Morgan fingerprint density at radius 3 is 2.37 bits per heavy atom. The Hall–Kier alpha value is -1.42. The predicted molar refractivity (Wildman–Crippen MR) is 73.8 cm³/mol. The highest BCUT2D eigenvalue weighted by molar-refractivity contribution is 6.21. The molecule has 0 heterocycles. The Morgan fingerprint density at radius 1 is 1.21 bits per heavy atom. The topological polar surface area (TPSA) is 60.8 Å². The van der Waals surface area contributed by atoms with Gasteiger partial charge in [0.1, 0.15) is 11.5 Å². The largest absolute Gasteiger partial charge is 0.508 e. The van der Waals surface area contributed by atoms with E-state index in [1.165, 1.54) is 18.2 Å². The number of rotatable bonds is 2. The lowest BCUT2D eigenvalue weighted by atomic mass is 9.93. The second kappa shape index (κ2) is 5.70. The van der Waals surface area contributed by atoms with Crippen LogP contribution < -0.4 is 0 Å². The molecule has 104 valence electrons. The number of carbonyl (C=O) groups is 1. The molecule has 19 heavy (non-hydrogen) atoms. The molecule has 1 aromatic carbocycles. The van der Waals surface area contributed by atoms with Crippen LogP contribution in [-0.4, -0.2) is 39.5 Å². The SMILES string of the molecule is CN(C(=O)c1cc(O)cc(O)c1)C1CCCCC1Cl. The lowest BCUT2D eigenvalue weighted by Gasteiger charge is -2.35. The van der Waals surface area contributed by atoms with Crippen LogP contribution in [0.15, 0.2) is 18.2 Å². The molecule has 4 nitrogen and oxygen atoms in total. The zero-order chi connectivity index (χ0) is 14.0. The van der Waals surface area contributed by atoms with E-state index in [2.05, 4.69) is 0 Å². The average Bonchev–Trinajstić information content (AvgIpc) is 2.36. The number of hydrogen-bond acceptors (Lipinski definition) is 3. The van der Waals surface area contributed by atoms with Crippen molar-refractivity contribution in [2.45, 2.75) is 37.1 Å². The van der Waals surface area contributed by atoms with Crippen molar-refractivity contribution in [1.29, 1.82) is 0 Å². The van der Waals surface area contributed by atoms with E-state index < -0.39 is 0 Å². The van der Waals surface area contributed by atoms with Crippen LogP contribution in [0.25, 0.3) is 0 Å². The molecular formula is C14H18ClNO3. The van der Waals surface area contributed by atoms with Gasteiger partial charge in [-0.2, -0.15) is 0 Å². The van der Waals surface area contributed by atoms with Gasteiger partial charge in [0, 0.05) is 24.7 Å². The van der Waals surface area contributed by atoms with E-state index in [9.17, 15) is 15.0 Å². The molecule has 2 rings (SSSR count). The fourth-order valence-corrected chi connectivity index (χ4v) is 3.02. The number of halogens is 1. The van der Waals surface area contributed by atoms with Gasteiger partial charge in [0.15, 0.2) is 0 Å². The fraction of sp³-hybridized carbons (Fsp3) is 0.500. The molecule has 1 aliphatic rings. The van der Waals surface area contributed by atoms with E-state index in [0.29, 0.717) is 0 Å². The molecule has 0 aliphatic heterocycles. The van der Waals surface area contributed by atoms with Crippen molar-refractivity contribution >= 4 is 17.5 Å². The number of alkyl halides is 1. The number of phenols is 2. The zero-order valence-corrected chi connectivity index (χ0v) is 11.6. The van der Waals surface area contributed by atoms with E-state index in [1.54, 1.807) is 11.9 Å². The summed E-state index contributed by atoms with van der Waals surface area (Å²) in [5.74, 6) is -0.477. The van der Waals surface area contributed by atoms with Crippen LogP contribution in [0, 0.1) is 0 Å². The lowest BCUT2D eigenvalue weighted by molar-refractivity contribution is 0.0699. The molecule has 1 fully saturated rings. The number of phenolic OH excluding ortho intramolecular Hbond substituents is 2. The zero-order valence-electron chi connectivity index (χ0n) is 10.8. The highest BCUT2D eigenvalue weighted by atomic mass is 35.5. The van der Waals surface area contributed by atoms with Gasteiger partial charge < -0.3 is 15.1 Å². The molecule has 0 aromatic heterocycles. The predicted octanol–water partition coefficient (Wildman–Crippen LogP) is 2.72. The number of hydrogen-bond donors (Lipinski definition) is 2. The Labute approximate surface area is 117 Å². The smallest absolute Gasteiger partial charge is 0.254 e. The first-order valence-corrected chi connectivity index (χ1v) is 6.87. The Kier molecular flexibility index (Phi) is 4.20. The summed E-state index contributed by atoms with van der Waals surface area (Å²) in [7, 11) is 1.72. The minimum absolute atomic E-state index is 0.00686. The first kappa shape index (κ1) is 14.0. The van der Waals surface area contributed by atoms with Crippen molar-refractivity contribution < 1.29 is 15.0 Å². The van der Waals surface area contributed by atoms with Crippen LogP contribution in [0.2, 0.25) is 0 Å². The molecule has 1 amide bonds. The van der Waals surface area contributed by atoms with Gasteiger partial charge in [-0.25, -0.2) is 0 Å². The van der Waals surface area contributed by atoms with Gasteiger partial charge in [-0.15, -0.1) is 11.6 Å². The van der Waals surface area contributed by atoms with Crippen LogP contribution in [0.4, 0.5) is 0 Å². The quantitative estimate of drug-likeness (QED) is 0.821. The summed E-state index contributed by atoms with van der Waals surface area (Å²) >= 11 is 6.28. The van der Waals surface area contributed by atoms with Crippen LogP contribution in [0.5, 0.6) is 11.5 Å². The fourth-order valence-electron chi connectivity index (χ4n) is 2.58. The second-order valence-corrected chi connectivity index (χ2v) is 5.58. The third-order valence-electron chi connectivity index (χ3n) is 3.61. The Balaban J connectivity index is 2.18. The van der Waals surface area contributed by atoms with E-state index in [-0.39, 0.29) is 34.4 Å². The highest BCUT2D eigenvalue weighted by Gasteiger charge is 2.30. The molecule has 0 radical (unpaired) electrons. The van der Waals surface area contributed by atoms with Crippen LogP contribution in [0.1, 0.15) is 36.0 Å². The van der Waals surface area contributed by atoms with Gasteiger partial charge in [-0.05, 0) is 25.0 Å². The number of amides is 1. The number of nitrogens with zero attached hydrogens (tertiary/aromatic N) is 1. The molecule has 1 saturated carbocycles. The van der Waals surface area contributed by atoms with E-state index in [1.807, 2.05) is 0 Å². The number of carbonyl (C=O) groups excluding carboxylic acids is 1. The maximum Gasteiger partial charge on any atom is 0.254 e. The van der Waals surface area contributed by atoms with Crippen LogP contribution in [-0.2, 0) is 0 Å². The molecular weight excluding hydrogens is 266 g/mol. The molecule has 1 aliphatic carbocycles. The van der Waals surface area contributed by atoms with Crippen molar-refractivity contribution in [3.63, 3.8) is 0 Å². The number of aromatic hydroxyl groups is 2. The second-order valence-electron chi connectivity index (χ2n) is 5.02. The summed E-state index contributed by atoms with van der Waals surface area (Å²) in [6.45, 7) is 0. The third kappa shape index (κ3) is 3.13. The molecule has 2 N–H and O–H groups in total. The first-order chi connectivity index (χ1) is 8.99. The van der Waals surface area contributed by atoms with Gasteiger partial charge in [0.25, 0.3) is 5.91 Å². The summed E-state index contributed by atoms with van der Waals surface area (Å²) in [6.07, 6.45) is 3.97. The molecule has 1 aromatic rings. The Bertz CT molecular complexity index is 458. The lowest BCUT2D eigenvalue weighted by Crippen LogP contribution is -2.44. The third-order valence-corrected chi connectivity index (χ3v) is 4.12. The van der Waals surface area contributed by atoms with Gasteiger partial charge in [-0.3, -0.25) is 4.79 Å². The molecule has 0 bridgehead atoms. The van der Waals surface area contributed by atoms with E-state index in [0.717, 1.165) is 25.7 Å². The normalized spacial score (nSPS) is 23.1. The molecule has 5 heteroatoms. The van der Waals surface area contributed by atoms with Crippen molar-refractivity contribution in [1.82, 2.24) is 4.90 Å². The van der Waals surface area contributed by atoms with Crippen molar-refractivity contribution in [2.24, 2.45) is 0 Å². The van der Waals surface area contributed by atoms with Gasteiger partial charge in [-0.1, -0.05) is 12.8 Å². The maximum atomic E-state index is 12.3. The molecule has 0 spiro atoms. The van der Waals surface area contributed by atoms with Gasteiger partial charge in [0.05, 0.1) is 5.38 Å². The summed E-state index contributed by atoms with van der Waals surface area (Å²) in [6, 6.07) is 3.91. The number of benzene rings is 1. The van der Waals surface area contributed by atoms with Crippen molar-refractivity contribution in [3.8, 4) is 11.5 Å². The van der Waals surface area contributed by atoms with Gasteiger partial charge >= 0.3 is 0 Å². The van der Waals surface area contributed by atoms with Crippen molar-refractivity contribution in [3.05, 3.63) is 23.8 Å².